The number of pyridine rings is 1. The minimum atomic E-state index is -2.61. The largest absolute Gasteiger partial charge is 0.295 e. The molecule has 1 N–H and O–H groups in total. The first-order valence-corrected chi connectivity index (χ1v) is 11.2. The molecule has 1 fully saturated rings. The Kier molecular flexibility index (Phi) is 6.33. The quantitative estimate of drug-likeness (QED) is 0.581. The summed E-state index contributed by atoms with van der Waals surface area (Å²) in [6.45, 7) is 5.75. The molecular formula is C18H18ClF2N5OS2. The third kappa shape index (κ3) is 4.19. The Labute approximate surface area is 178 Å². The van der Waals surface area contributed by atoms with E-state index in [1.807, 2.05) is 13.8 Å². The zero-order chi connectivity index (χ0) is 21.3. The van der Waals surface area contributed by atoms with E-state index in [0.717, 1.165) is 17.5 Å². The molecule has 1 unspecified atom stereocenters. The Balaban J connectivity index is 0.00000117. The Morgan fingerprint density at radius 2 is 2.14 bits per heavy atom. The number of nitriles is 1. The molecule has 1 aliphatic carbocycles. The second kappa shape index (κ2) is 8.44. The minimum Gasteiger partial charge on any atom is -0.295 e. The zero-order valence-electron chi connectivity index (χ0n) is 15.9. The lowest BCUT2D eigenvalue weighted by Crippen LogP contribution is -2.31. The van der Waals surface area contributed by atoms with E-state index in [1.165, 1.54) is 0 Å². The van der Waals surface area contributed by atoms with Gasteiger partial charge in [0.05, 0.1) is 32.1 Å². The van der Waals surface area contributed by atoms with Crippen LogP contribution in [0.3, 0.4) is 0 Å². The maximum absolute atomic E-state index is 12.9. The molecule has 1 aliphatic rings. The number of nitrogens with zero attached hydrogens (tertiary/aromatic N) is 4. The van der Waals surface area contributed by atoms with Crippen molar-refractivity contribution in [1.82, 2.24) is 19.1 Å². The van der Waals surface area contributed by atoms with E-state index in [4.69, 9.17) is 16.9 Å². The van der Waals surface area contributed by atoms with Crippen molar-refractivity contribution in [3.63, 3.8) is 0 Å². The number of hydrogen-bond acceptors (Lipinski definition) is 5. The van der Waals surface area contributed by atoms with Gasteiger partial charge in [0.2, 0.25) is 0 Å². The summed E-state index contributed by atoms with van der Waals surface area (Å²) in [4.78, 5) is 8.65. The molecular weight excluding hydrogens is 440 g/mol. The molecule has 1 saturated carbocycles. The van der Waals surface area contributed by atoms with Crippen LogP contribution in [0.15, 0.2) is 23.4 Å². The van der Waals surface area contributed by atoms with Crippen LogP contribution >= 0.6 is 22.9 Å². The summed E-state index contributed by atoms with van der Waals surface area (Å²) in [6.07, 6.45) is 1.36. The summed E-state index contributed by atoms with van der Waals surface area (Å²) in [5, 5.41) is 9.81. The predicted octanol–water partition coefficient (Wildman–Crippen LogP) is 5.05. The van der Waals surface area contributed by atoms with Crippen LogP contribution in [0.1, 0.15) is 43.7 Å². The molecule has 11 heteroatoms. The smallest absolute Gasteiger partial charge is 0.274 e. The van der Waals surface area contributed by atoms with Crippen molar-refractivity contribution in [2.24, 2.45) is 0 Å². The van der Waals surface area contributed by atoms with E-state index < -0.39 is 22.9 Å². The predicted molar refractivity (Wildman–Crippen MR) is 109 cm³/mol. The number of halogens is 3. The molecule has 0 bridgehead atoms. The molecule has 0 aliphatic heterocycles. The van der Waals surface area contributed by atoms with E-state index in [1.54, 1.807) is 23.6 Å². The number of hydrogen-bond donors (Lipinski definition) is 1. The normalized spacial score (nSPS) is 15.7. The van der Waals surface area contributed by atoms with E-state index in [9.17, 15) is 13.0 Å². The Hall–Kier alpha value is -1.93. The van der Waals surface area contributed by atoms with Gasteiger partial charge in [-0.15, -0.1) is 11.3 Å². The molecule has 0 saturated heterocycles. The highest BCUT2D eigenvalue weighted by Gasteiger charge is 2.44. The molecule has 3 aromatic rings. The molecule has 1 atom stereocenters. The third-order valence-corrected chi connectivity index (χ3v) is 6.75. The number of fused-ring (bicyclic) bond motifs is 1. The number of rotatable bonds is 5. The molecule has 0 radical (unpaired) electrons. The molecule has 0 aromatic carbocycles. The number of thiazole rings is 1. The van der Waals surface area contributed by atoms with Gasteiger partial charge in [-0.2, -0.15) is 5.26 Å². The van der Waals surface area contributed by atoms with E-state index in [0.29, 0.717) is 44.8 Å². The van der Waals surface area contributed by atoms with Gasteiger partial charge in [-0.3, -0.25) is 4.40 Å². The van der Waals surface area contributed by atoms with Gasteiger partial charge in [-0.25, -0.2) is 27.7 Å². The lowest BCUT2D eigenvalue weighted by molar-refractivity contribution is 0.155. The summed E-state index contributed by atoms with van der Waals surface area (Å²) in [5.41, 5.74) is 0.425. The van der Waals surface area contributed by atoms with Crippen LogP contribution in [0, 0.1) is 18.3 Å². The summed E-state index contributed by atoms with van der Waals surface area (Å²) in [7, 11) is -1.66. The SMILES string of the molecule is CC.Cc1nc(-c2ncc(C(F)F)s2)n2cc(S(=O)NC3(C#N)CC3)cc(Cl)c12. The minimum absolute atomic E-state index is 0.156. The molecule has 0 spiro atoms. The zero-order valence-corrected chi connectivity index (χ0v) is 18.3. The van der Waals surface area contributed by atoms with Crippen molar-refractivity contribution >= 4 is 39.4 Å². The van der Waals surface area contributed by atoms with Gasteiger partial charge in [0, 0.05) is 12.4 Å². The van der Waals surface area contributed by atoms with Crippen molar-refractivity contribution in [3.05, 3.63) is 34.1 Å². The van der Waals surface area contributed by atoms with E-state index >= 15 is 0 Å². The number of aryl methyl sites for hydroxylation is 1. The van der Waals surface area contributed by atoms with Gasteiger partial charge in [-0.1, -0.05) is 25.4 Å². The van der Waals surface area contributed by atoms with Crippen molar-refractivity contribution in [2.75, 3.05) is 0 Å². The first kappa shape index (κ1) is 21.8. The first-order valence-electron chi connectivity index (χ1n) is 8.87. The van der Waals surface area contributed by atoms with Gasteiger partial charge in [-0.05, 0) is 25.8 Å². The highest BCUT2D eigenvalue weighted by atomic mass is 35.5. The Morgan fingerprint density at radius 1 is 1.45 bits per heavy atom. The van der Waals surface area contributed by atoms with Crippen molar-refractivity contribution in [2.45, 2.75) is 50.5 Å². The van der Waals surface area contributed by atoms with Gasteiger partial charge in [0.1, 0.15) is 16.5 Å². The average molecular weight is 458 g/mol. The topological polar surface area (TPSA) is 83.1 Å². The first-order chi connectivity index (χ1) is 13.8. The lowest BCUT2D eigenvalue weighted by atomic mass is 10.3. The van der Waals surface area contributed by atoms with Crippen LogP contribution < -0.4 is 4.72 Å². The number of aromatic nitrogens is 3. The molecule has 0 amide bonds. The lowest BCUT2D eigenvalue weighted by Gasteiger charge is -2.10. The number of nitrogens with one attached hydrogen (secondary N) is 1. The van der Waals surface area contributed by atoms with Crippen LogP contribution in [-0.4, -0.2) is 24.1 Å². The van der Waals surface area contributed by atoms with Crippen LogP contribution in [-0.2, 0) is 11.0 Å². The molecule has 4 rings (SSSR count). The van der Waals surface area contributed by atoms with E-state index in [-0.39, 0.29) is 4.88 Å². The second-order valence-corrected chi connectivity index (χ2v) is 8.88. The number of alkyl halides is 2. The van der Waals surface area contributed by atoms with Crippen molar-refractivity contribution in [1.29, 1.82) is 5.26 Å². The molecule has 154 valence electrons. The molecule has 6 nitrogen and oxygen atoms in total. The third-order valence-electron chi connectivity index (χ3n) is 4.23. The summed E-state index contributed by atoms with van der Waals surface area (Å²) in [6, 6.07) is 3.68. The van der Waals surface area contributed by atoms with Gasteiger partial charge < -0.3 is 0 Å². The van der Waals surface area contributed by atoms with Crippen LogP contribution in [0.2, 0.25) is 5.02 Å². The van der Waals surface area contributed by atoms with Gasteiger partial charge in [0.25, 0.3) is 6.43 Å². The monoisotopic (exact) mass is 457 g/mol. The van der Waals surface area contributed by atoms with Crippen LogP contribution in [0.25, 0.3) is 16.3 Å². The van der Waals surface area contributed by atoms with Crippen LogP contribution in [0.4, 0.5) is 8.78 Å². The maximum Gasteiger partial charge on any atom is 0.274 e. The molecule has 3 aromatic heterocycles. The summed E-state index contributed by atoms with van der Waals surface area (Å²) in [5.74, 6) is 0.349. The number of imidazole rings is 1. The summed E-state index contributed by atoms with van der Waals surface area (Å²) < 4.78 is 42.9. The van der Waals surface area contributed by atoms with E-state index in [2.05, 4.69) is 20.8 Å². The fourth-order valence-corrected chi connectivity index (χ4v) is 4.98. The van der Waals surface area contributed by atoms with Gasteiger partial charge in [0.15, 0.2) is 10.8 Å². The van der Waals surface area contributed by atoms with Gasteiger partial charge >= 0.3 is 0 Å². The Morgan fingerprint density at radius 3 is 2.69 bits per heavy atom. The van der Waals surface area contributed by atoms with Crippen molar-refractivity contribution < 1.29 is 13.0 Å². The average Bonchev–Trinajstić information content (AvgIpc) is 3.14. The highest BCUT2D eigenvalue weighted by Crippen LogP contribution is 2.37. The van der Waals surface area contributed by atoms with Crippen molar-refractivity contribution in [3.8, 4) is 16.9 Å². The molecule has 3 heterocycles. The standard InChI is InChI=1S/C16H12ClF2N5OS2.C2H6/c1-8-12-10(17)4-9(27(25)23-16(7-20)2-3-16)6-24(12)14(22-8)15-21-5-11(26-15)13(18)19;1-2/h4-6,13,23H,2-3H2,1H3;1-2H3. The highest BCUT2D eigenvalue weighted by molar-refractivity contribution is 7.83. The fourth-order valence-electron chi connectivity index (χ4n) is 2.66. The maximum atomic E-state index is 12.9. The Bertz CT molecular complexity index is 1120. The fraction of sp³-hybridized carbons (Fsp3) is 0.389. The van der Waals surface area contributed by atoms with Crippen LogP contribution in [0.5, 0.6) is 0 Å². The molecule has 29 heavy (non-hydrogen) atoms. The summed E-state index contributed by atoms with van der Waals surface area (Å²) >= 11 is 7.21. The second-order valence-electron chi connectivity index (χ2n) is 6.20.